The minimum atomic E-state index is 0.179. The first-order valence-electron chi connectivity index (χ1n) is 6.32. The molecule has 0 amide bonds. The Bertz CT molecular complexity index is 723. The summed E-state index contributed by atoms with van der Waals surface area (Å²) in [5.41, 5.74) is 2.17. The van der Waals surface area contributed by atoms with Gasteiger partial charge in [0.1, 0.15) is 10.8 Å². The average molecular weight is 418 g/mol. The normalized spacial score (nSPS) is 12.9. The van der Waals surface area contributed by atoms with Crippen LogP contribution in [-0.4, -0.2) is 20.4 Å². The Morgan fingerprint density at radius 3 is 3.00 bits per heavy atom. The lowest BCUT2D eigenvalue weighted by molar-refractivity contribution is 0.620. The van der Waals surface area contributed by atoms with Gasteiger partial charge in [-0.2, -0.15) is 0 Å². The predicted molar refractivity (Wildman–Crippen MR) is 92.8 cm³/mol. The average Bonchev–Trinajstić information content (AvgIpc) is 3.05. The third-order valence-electron chi connectivity index (χ3n) is 3.24. The molecule has 0 aliphatic heterocycles. The third-order valence-corrected chi connectivity index (χ3v) is 5.04. The van der Waals surface area contributed by atoms with Crippen molar-refractivity contribution in [1.29, 1.82) is 0 Å². The first kappa shape index (κ1) is 14.3. The van der Waals surface area contributed by atoms with Gasteiger partial charge in [-0.1, -0.05) is 0 Å². The van der Waals surface area contributed by atoms with Gasteiger partial charge in [0.15, 0.2) is 0 Å². The molecule has 3 rings (SSSR count). The van der Waals surface area contributed by atoms with Gasteiger partial charge in [-0.25, -0.2) is 9.97 Å². The molecule has 104 valence electrons. The minimum absolute atomic E-state index is 0.179. The van der Waals surface area contributed by atoms with Gasteiger partial charge in [-0.05, 0) is 47.7 Å². The fraction of sp³-hybridized carbons (Fsp3) is 0.286. The van der Waals surface area contributed by atoms with Crippen molar-refractivity contribution in [1.82, 2.24) is 14.5 Å². The molecule has 6 heteroatoms. The number of alkyl halides is 1. The van der Waals surface area contributed by atoms with Crippen molar-refractivity contribution in [2.24, 2.45) is 0 Å². The molecule has 0 spiro atoms. The fourth-order valence-corrected chi connectivity index (χ4v) is 3.70. The van der Waals surface area contributed by atoms with Gasteiger partial charge in [0.2, 0.25) is 0 Å². The maximum Gasteiger partial charge on any atom is 0.115 e. The molecule has 1 unspecified atom stereocenters. The van der Waals surface area contributed by atoms with Crippen molar-refractivity contribution >= 4 is 56.6 Å². The maximum absolute atomic E-state index is 5.93. The molecule has 2 aromatic heterocycles. The van der Waals surface area contributed by atoms with Gasteiger partial charge in [0.25, 0.3) is 0 Å². The van der Waals surface area contributed by atoms with E-state index in [-0.39, 0.29) is 6.04 Å². The van der Waals surface area contributed by atoms with Crippen LogP contribution in [0.2, 0.25) is 0 Å². The Kier molecular flexibility index (Phi) is 4.28. The van der Waals surface area contributed by atoms with Gasteiger partial charge >= 0.3 is 0 Å². The molecule has 1 atom stereocenters. The van der Waals surface area contributed by atoms with E-state index in [9.17, 15) is 0 Å². The van der Waals surface area contributed by atoms with Crippen molar-refractivity contribution in [3.63, 3.8) is 0 Å². The summed E-state index contributed by atoms with van der Waals surface area (Å²) in [5.74, 6) is 1.60. The summed E-state index contributed by atoms with van der Waals surface area (Å²) in [5, 5.41) is 3.11. The second-order valence-electron chi connectivity index (χ2n) is 4.52. The lowest BCUT2D eigenvalue weighted by Gasteiger charge is -2.15. The molecular weight excluding hydrogens is 405 g/mol. The van der Waals surface area contributed by atoms with Gasteiger partial charge in [-0.15, -0.1) is 22.9 Å². The van der Waals surface area contributed by atoms with Gasteiger partial charge < -0.3 is 4.57 Å². The van der Waals surface area contributed by atoms with E-state index >= 15 is 0 Å². The highest BCUT2D eigenvalue weighted by Gasteiger charge is 2.18. The molecule has 20 heavy (non-hydrogen) atoms. The Balaban J connectivity index is 2.18. The Morgan fingerprint density at radius 2 is 2.30 bits per heavy atom. The second-order valence-corrected chi connectivity index (χ2v) is 7.07. The zero-order valence-electron chi connectivity index (χ0n) is 10.9. The maximum atomic E-state index is 5.93. The van der Waals surface area contributed by atoms with Crippen LogP contribution in [0.4, 0.5) is 0 Å². The Hall–Kier alpha value is -0.660. The number of hydrogen-bond acceptors (Lipinski definition) is 3. The van der Waals surface area contributed by atoms with Crippen molar-refractivity contribution in [3.05, 3.63) is 44.2 Å². The monoisotopic (exact) mass is 417 g/mol. The van der Waals surface area contributed by atoms with Crippen molar-refractivity contribution in [3.8, 4) is 0 Å². The lowest BCUT2D eigenvalue weighted by Crippen LogP contribution is -2.11. The minimum Gasteiger partial charge on any atom is -0.318 e. The van der Waals surface area contributed by atoms with Crippen molar-refractivity contribution < 1.29 is 0 Å². The van der Waals surface area contributed by atoms with E-state index in [1.807, 2.05) is 11.6 Å². The molecule has 1 aromatic carbocycles. The molecule has 0 N–H and O–H groups in total. The molecule has 0 radical (unpaired) electrons. The molecule has 0 saturated heterocycles. The summed E-state index contributed by atoms with van der Waals surface area (Å²) in [6.07, 6.45) is 2.61. The fourth-order valence-electron chi connectivity index (χ4n) is 2.37. The number of aromatic nitrogens is 3. The highest BCUT2D eigenvalue weighted by atomic mass is 127. The third kappa shape index (κ3) is 2.58. The number of aryl methyl sites for hydroxylation is 1. The molecule has 3 nitrogen and oxygen atoms in total. The molecule has 2 heterocycles. The SMILES string of the molecule is CC(c1nccs1)n1c(CCCl)nc2cc(I)ccc21. The number of nitrogens with zero attached hydrogens (tertiary/aromatic N) is 3. The zero-order valence-corrected chi connectivity index (χ0v) is 14.6. The smallest absolute Gasteiger partial charge is 0.115 e. The van der Waals surface area contributed by atoms with Gasteiger partial charge in [-0.3, -0.25) is 0 Å². The number of benzene rings is 1. The van der Waals surface area contributed by atoms with Crippen LogP contribution in [0.1, 0.15) is 23.8 Å². The van der Waals surface area contributed by atoms with E-state index in [4.69, 9.17) is 16.6 Å². The van der Waals surface area contributed by atoms with Crippen molar-refractivity contribution in [2.75, 3.05) is 5.88 Å². The standard InChI is InChI=1S/C14H13ClIN3S/c1-9(14-17-6-7-20-14)19-12-3-2-10(16)8-11(12)18-13(19)4-5-15/h2-3,6-9H,4-5H2,1H3. The predicted octanol–water partition coefficient (Wildman–Crippen LogP) is 4.49. The lowest BCUT2D eigenvalue weighted by atomic mass is 10.2. The van der Waals surface area contributed by atoms with Crippen LogP contribution >= 0.6 is 45.5 Å². The van der Waals surface area contributed by atoms with E-state index < -0.39 is 0 Å². The molecule has 3 aromatic rings. The summed E-state index contributed by atoms with van der Waals surface area (Å²) in [6, 6.07) is 6.53. The quantitative estimate of drug-likeness (QED) is 0.463. The summed E-state index contributed by atoms with van der Waals surface area (Å²) in [6.45, 7) is 2.16. The number of hydrogen-bond donors (Lipinski definition) is 0. The summed E-state index contributed by atoms with van der Waals surface area (Å²) in [7, 11) is 0. The molecular formula is C14H13ClIN3S. The number of halogens is 2. The number of rotatable bonds is 4. The van der Waals surface area contributed by atoms with E-state index in [0.717, 1.165) is 28.3 Å². The van der Waals surface area contributed by atoms with Crippen LogP contribution in [0.15, 0.2) is 29.8 Å². The second kappa shape index (κ2) is 5.99. The molecule has 0 saturated carbocycles. The van der Waals surface area contributed by atoms with E-state index in [1.165, 1.54) is 3.57 Å². The number of imidazole rings is 1. The summed E-state index contributed by atoms with van der Waals surface area (Å²) < 4.78 is 3.45. The molecule has 0 aliphatic rings. The Morgan fingerprint density at radius 1 is 1.45 bits per heavy atom. The van der Waals surface area contributed by atoms with E-state index in [1.54, 1.807) is 11.3 Å². The summed E-state index contributed by atoms with van der Waals surface area (Å²) in [4.78, 5) is 9.18. The molecule has 0 fully saturated rings. The first-order valence-corrected chi connectivity index (χ1v) is 8.81. The van der Waals surface area contributed by atoms with Crippen molar-refractivity contribution in [2.45, 2.75) is 19.4 Å². The number of thiazole rings is 1. The van der Waals surface area contributed by atoms with Crippen LogP contribution < -0.4 is 0 Å². The van der Waals surface area contributed by atoms with Crippen LogP contribution in [0.5, 0.6) is 0 Å². The highest BCUT2D eigenvalue weighted by Crippen LogP contribution is 2.28. The van der Waals surface area contributed by atoms with Crippen LogP contribution in [0, 0.1) is 3.57 Å². The van der Waals surface area contributed by atoms with E-state index in [2.05, 4.69) is 57.3 Å². The molecule has 0 aliphatic carbocycles. The van der Waals surface area contributed by atoms with Crippen LogP contribution in [0.25, 0.3) is 11.0 Å². The summed E-state index contributed by atoms with van der Waals surface area (Å²) >= 11 is 9.91. The van der Waals surface area contributed by atoms with E-state index in [0.29, 0.717) is 5.88 Å². The van der Waals surface area contributed by atoms with Gasteiger partial charge in [0.05, 0.1) is 17.1 Å². The number of fused-ring (bicyclic) bond motifs is 1. The van der Waals surface area contributed by atoms with Gasteiger partial charge in [0, 0.05) is 27.4 Å². The molecule has 0 bridgehead atoms. The Labute approximate surface area is 140 Å². The van der Waals surface area contributed by atoms with Crippen LogP contribution in [-0.2, 0) is 6.42 Å². The first-order chi connectivity index (χ1) is 9.70. The van der Waals surface area contributed by atoms with Crippen LogP contribution in [0.3, 0.4) is 0 Å². The topological polar surface area (TPSA) is 30.7 Å². The largest absolute Gasteiger partial charge is 0.318 e. The zero-order chi connectivity index (χ0) is 14.1. The highest BCUT2D eigenvalue weighted by molar-refractivity contribution is 14.1.